The quantitative estimate of drug-likeness (QED) is 0.538. The molecule has 5 heteroatoms. The lowest BCUT2D eigenvalue weighted by atomic mass is 9.70. The predicted octanol–water partition coefficient (Wildman–Crippen LogP) is 5.72. The lowest BCUT2D eigenvalue weighted by Gasteiger charge is -2.63. The van der Waals surface area contributed by atoms with Crippen molar-refractivity contribution in [1.82, 2.24) is 14.7 Å². The molecule has 2 atom stereocenters. The van der Waals surface area contributed by atoms with Crippen LogP contribution in [0.4, 0.5) is 4.79 Å². The Labute approximate surface area is 217 Å². The monoisotopic (exact) mass is 489 g/mol. The normalized spacial score (nSPS) is 24.4. The van der Waals surface area contributed by atoms with E-state index in [1.54, 1.807) is 0 Å². The Morgan fingerprint density at radius 2 is 1.67 bits per heavy atom. The van der Waals surface area contributed by atoms with Crippen molar-refractivity contribution in [2.75, 3.05) is 39.3 Å². The molecule has 1 spiro atoms. The second kappa shape index (κ2) is 9.83. The molecule has 5 nitrogen and oxygen atoms in total. The molecule has 3 heterocycles. The molecule has 2 aromatic rings. The van der Waals surface area contributed by atoms with Crippen LogP contribution in [0.5, 0.6) is 0 Å². The van der Waals surface area contributed by atoms with Crippen molar-refractivity contribution in [2.24, 2.45) is 5.41 Å². The number of likely N-dealkylation sites (tertiary alicyclic amines) is 3. The van der Waals surface area contributed by atoms with E-state index in [1.165, 1.54) is 23.1 Å². The highest BCUT2D eigenvalue weighted by Crippen LogP contribution is 2.45. The van der Waals surface area contributed by atoms with Crippen molar-refractivity contribution in [1.29, 1.82) is 0 Å². The van der Waals surface area contributed by atoms with Gasteiger partial charge in [0.05, 0.1) is 0 Å². The average molecular weight is 490 g/mol. The Balaban J connectivity index is 1.28. The molecule has 2 aromatic carbocycles. The van der Waals surface area contributed by atoms with Crippen LogP contribution in [0, 0.1) is 5.41 Å². The molecular weight excluding hydrogens is 446 g/mol. The molecule has 5 rings (SSSR count). The van der Waals surface area contributed by atoms with E-state index < -0.39 is 5.60 Å². The van der Waals surface area contributed by atoms with E-state index in [4.69, 9.17) is 4.74 Å². The molecule has 2 unspecified atom stereocenters. The van der Waals surface area contributed by atoms with Gasteiger partial charge in [-0.1, -0.05) is 68.4 Å². The van der Waals surface area contributed by atoms with Gasteiger partial charge in [0.1, 0.15) is 5.60 Å². The first kappa shape index (κ1) is 25.3. The SMILES string of the molecule is CC(C)c1ccccc1C1CN(Cc2ccccc2)CCC1N1CC2(CN(C(=O)OC(C)(C)C)C2)C1. The van der Waals surface area contributed by atoms with Gasteiger partial charge in [-0.2, -0.15) is 0 Å². The van der Waals surface area contributed by atoms with Crippen LogP contribution >= 0.6 is 0 Å². The number of ether oxygens (including phenoxy) is 1. The molecule has 194 valence electrons. The number of rotatable bonds is 5. The summed E-state index contributed by atoms with van der Waals surface area (Å²) in [5.74, 6) is 1.02. The summed E-state index contributed by atoms with van der Waals surface area (Å²) in [4.78, 5) is 19.7. The van der Waals surface area contributed by atoms with Crippen LogP contribution in [0.15, 0.2) is 54.6 Å². The van der Waals surface area contributed by atoms with Crippen LogP contribution in [0.3, 0.4) is 0 Å². The van der Waals surface area contributed by atoms with Crippen molar-refractivity contribution in [3.8, 4) is 0 Å². The molecule has 0 aliphatic carbocycles. The molecular formula is C31H43N3O2. The lowest BCUT2D eigenvalue weighted by molar-refractivity contribution is -0.135. The van der Waals surface area contributed by atoms with Crippen LogP contribution in [0.1, 0.15) is 69.6 Å². The molecule has 3 aliphatic heterocycles. The van der Waals surface area contributed by atoms with Gasteiger partial charge in [-0.3, -0.25) is 9.80 Å². The summed E-state index contributed by atoms with van der Waals surface area (Å²) in [6.07, 6.45) is 1.03. The fourth-order valence-electron chi connectivity index (χ4n) is 6.58. The zero-order valence-electron chi connectivity index (χ0n) is 22.7. The first-order valence-electron chi connectivity index (χ1n) is 13.7. The summed E-state index contributed by atoms with van der Waals surface area (Å²) in [5.41, 5.74) is 4.24. The first-order chi connectivity index (χ1) is 17.1. The van der Waals surface area contributed by atoms with Crippen molar-refractivity contribution < 1.29 is 9.53 Å². The van der Waals surface area contributed by atoms with Crippen LogP contribution in [-0.2, 0) is 11.3 Å². The first-order valence-corrected chi connectivity index (χ1v) is 13.7. The van der Waals surface area contributed by atoms with Crippen LogP contribution < -0.4 is 0 Å². The third-order valence-electron chi connectivity index (χ3n) is 8.18. The number of hydrogen-bond acceptors (Lipinski definition) is 4. The summed E-state index contributed by atoms with van der Waals surface area (Å²) in [6.45, 7) is 17.5. The largest absolute Gasteiger partial charge is 0.444 e. The summed E-state index contributed by atoms with van der Waals surface area (Å²) in [7, 11) is 0. The highest BCUT2D eigenvalue weighted by molar-refractivity contribution is 5.69. The van der Waals surface area contributed by atoms with Gasteiger partial charge < -0.3 is 9.64 Å². The lowest BCUT2D eigenvalue weighted by Crippen LogP contribution is -2.75. The van der Waals surface area contributed by atoms with Gasteiger partial charge in [0.2, 0.25) is 0 Å². The molecule has 1 amide bonds. The molecule has 3 fully saturated rings. The number of carbonyl (C=O) groups is 1. The third-order valence-corrected chi connectivity index (χ3v) is 8.18. The standard InChI is InChI=1S/C31H43N3O2/c1-23(2)25-13-9-10-14-26(25)27-18-32(17-24-11-7-6-8-12-24)16-15-28(27)33-19-31(20-33)21-34(22-31)29(35)36-30(3,4)5/h6-14,23,27-28H,15-22H2,1-5H3. The maximum absolute atomic E-state index is 12.5. The topological polar surface area (TPSA) is 36.0 Å². The minimum Gasteiger partial charge on any atom is -0.444 e. The van der Waals surface area contributed by atoms with Gasteiger partial charge in [0, 0.05) is 63.2 Å². The molecule has 0 bridgehead atoms. The van der Waals surface area contributed by atoms with E-state index in [0.29, 0.717) is 17.9 Å². The van der Waals surface area contributed by atoms with Crippen LogP contribution in [0.2, 0.25) is 0 Å². The van der Waals surface area contributed by atoms with Crippen LogP contribution in [-0.4, -0.2) is 71.7 Å². The second-order valence-corrected chi connectivity index (χ2v) is 12.7. The minimum atomic E-state index is -0.434. The Bertz CT molecular complexity index is 1050. The van der Waals surface area contributed by atoms with Gasteiger partial charge in [0.25, 0.3) is 0 Å². The highest BCUT2D eigenvalue weighted by Gasteiger charge is 2.56. The number of carbonyl (C=O) groups excluding carboxylic acids is 1. The summed E-state index contributed by atoms with van der Waals surface area (Å²) in [6, 6.07) is 20.5. The van der Waals surface area contributed by atoms with Gasteiger partial charge in [-0.25, -0.2) is 4.79 Å². The Morgan fingerprint density at radius 1 is 1.00 bits per heavy atom. The Kier molecular flexibility index (Phi) is 6.90. The zero-order chi connectivity index (χ0) is 25.5. The maximum atomic E-state index is 12.5. The smallest absolute Gasteiger partial charge is 0.410 e. The van der Waals surface area contributed by atoms with Crippen molar-refractivity contribution in [3.63, 3.8) is 0 Å². The predicted molar refractivity (Wildman–Crippen MR) is 145 cm³/mol. The molecule has 3 saturated heterocycles. The highest BCUT2D eigenvalue weighted by atomic mass is 16.6. The molecule has 0 saturated carbocycles. The van der Waals surface area contributed by atoms with E-state index in [-0.39, 0.29) is 11.5 Å². The van der Waals surface area contributed by atoms with Crippen LogP contribution in [0.25, 0.3) is 0 Å². The molecule has 36 heavy (non-hydrogen) atoms. The molecule has 0 N–H and O–H groups in total. The van der Waals surface area contributed by atoms with E-state index in [0.717, 1.165) is 45.8 Å². The number of benzene rings is 2. The number of amides is 1. The minimum absolute atomic E-state index is 0.162. The number of hydrogen-bond donors (Lipinski definition) is 0. The van der Waals surface area contributed by atoms with Gasteiger partial charge in [0.15, 0.2) is 0 Å². The Morgan fingerprint density at radius 3 is 2.33 bits per heavy atom. The summed E-state index contributed by atoms with van der Waals surface area (Å²) in [5, 5.41) is 0. The van der Waals surface area contributed by atoms with E-state index >= 15 is 0 Å². The van der Waals surface area contributed by atoms with Crippen molar-refractivity contribution in [2.45, 2.75) is 71.1 Å². The van der Waals surface area contributed by atoms with E-state index in [2.05, 4.69) is 78.2 Å². The zero-order valence-corrected chi connectivity index (χ0v) is 22.7. The fraction of sp³-hybridized carbons (Fsp3) is 0.581. The number of piperidine rings is 1. The van der Waals surface area contributed by atoms with Crippen molar-refractivity contribution in [3.05, 3.63) is 71.3 Å². The molecule has 3 aliphatic rings. The molecule has 0 aromatic heterocycles. The van der Waals surface area contributed by atoms with E-state index in [1.807, 2.05) is 25.7 Å². The van der Waals surface area contributed by atoms with Gasteiger partial charge in [-0.15, -0.1) is 0 Å². The summed E-state index contributed by atoms with van der Waals surface area (Å²) < 4.78 is 5.59. The summed E-state index contributed by atoms with van der Waals surface area (Å²) >= 11 is 0. The van der Waals surface area contributed by atoms with Gasteiger partial charge in [-0.05, 0) is 49.8 Å². The second-order valence-electron chi connectivity index (χ2n) is 12.7. The third kappa shape index (κ3) is 5.33. The average Bonchev–Trinajstić information content (AvgIpc) is 2.77. The van der Waals surface area contributed by atoms with Crippen molar-refractivity contribution >= 4 is 6.09 Å². The maximum Gasteiger partial charge on any atom is 0.410 e. The Hall–Kier alpha value is -2.37. The molecule has 0 radical (unpaired) electrons. The number of nitrogens with zero attached hydrogens (tertiary/aromatic N) is 3. The fourth-order valence-corrected chi connectivity index (χ4v) is 6.58. The van der Waals surface area contributed by atoms with Gasteiger partial charge >= 0.3 is 6.09 Å². The van der Waals surface area contributed by atoms with E-state index in [9.17, 15) is 4.79 Å².